The van der Waals surface area contributed by atoms with Crippen LogP contribution in [0.5, 0.6) is 0 Å². The molecule has 19 heavy (non-hydrogen) atoms. The SMILES string of the molecule is CC1(c2nnc(-c3cccnc3)o2)C=C(O)C=CC1. The minimum Gasteiger partial charge on any atom is -0.508 e. The Morgan fingerprint density at radius 2 is 2.26 bits per heavy atom. The molecule has 0 fully saturated rings. The van der Waals surface area contributed by atoms with Crippen molar-refractivity contribution < 1.29 is 9.52 Å². The van der Waals surface area contributed by atoms with E-state index in [1.54, 1.807) is 24.5 Å². The van der Waals surface area contributed by atoms with Crippen molar-refractivity contribution in [1.82, 2.24) is 15.2 Å². The van der Waals surface area contributed by atoms with Gasteiger partial charge in [0.05, 0.1) is 11.0 Å². The molecule has 1 aliphatic carbocycles. The molecule has 0 aliphatic heterocycles. The summed E-state index contributed by atoms with van der Waals surface area (Å²) in [4.78, 5) is 4.02. The summed E-state index contributed by atoms with van der Waals surface area (Å²) in [7, 11) is 0. The van der Waals surface area contributed by atoms with Gasteiger partial charge in [-0.25, -0.2) is 0 Å². The van der Waals surface area contributed by atoms with Gasteiger partial charge in [-0.3, -0.25) is 4.98 Å². The van der Waals surface area contributed by atoms with Gasteiger partial charge in [0.2, 0.25) is 11.8 Å². The summed E-state index contributed by atoms with van der Waals surface area (Å²) < 4.78 is 5.71. The Hall–Kier alpha value is -2.43. The van der Waals surface area contributed by atoms with Crippen LogP contribution in [0.3, 0.4) is 0 Å². The minimum absolute atomic E-state index is 0.217. The van der Waals surface area contributed by atoms with Crippen LogP contribution in [-0.4, -0.2) is 20.3 Å². The van der Waals surface area contributed by atoms with Crippen molar-refractivity contribution >= 4 is 0 Å². The Morgan fingerprint density at radius 1 is 1.37 bits per heavy atom. The second-order valence-electron chi connectivity index (χ2n) is 4.75. The van der Waals surface area contributed by atoms with Crippen LogP contribution in [-0.2, 0) is 5.41 Å². The lowest BCUT2D eigenvalue weighted by molar-refractivity contribution is 0.372. The highest BCUT2D eigenvalue weighted by Gasteiger charge is 2.32. The third-order valence-corrected chi connectivity index (χ3v) is 3.12. The van der Waals surface area contributed by atoms with E-state index in [0.717, 1.165) is 5.56 Å². The van der Waals surface area contributed by atoms with Crippen LogP contribution in [0.1, 0.15) is 19.2 Å². The summed E-state index contributed by atoms with van der Waals surface area (Å²) >= 11 is 0. The zero-order valence-electron chi connectivity index (χ0n) is 10.4. The summed E-state index contributed by atoms with van der Waals surface area (Å²) in [6, 6.07) is 3.68. The Morgan fingerprint density at radius 3 is 3.00 bits per heavy atom. The van der Waals surface area contributed by atoms with Gasteiger partial charge in [-0.2, -0.15) is 0 Å². The largest absolute Gasteiger partial charge is 0.508 e. The maximum Gasteiger partial charge on any atom is 0.249 e. The molecule has 5 heteroatoms. The van der Waals surface area contributed by atoms with E-state index >= 15 is 0 Å². The van der Waals surface area contributed by atoms with E-state index in [0.29, 0.717) is 18.2 Å². The van der Waals surface area contributed by atoms with Gasteiger partial charge in [-0.05, 0) is 37.6 Å². The Labute approximate surface area is 110 Å². The summed E-state index contributed by atoms with van der Waals surface area (Å²) in [5.74, 6) is 1.14. The lowest BCUT2D eigenvalue weighted by atomic mass is 9.83. The molecule has 0 spiro atoms. The lowest BCUT2D eigenvalue weighted by Gasteiger charge is -2.22. The van der Waals surface area contributed by atoms with Crippen LogP contribution in [0.25, 0.3) is 11.5 Å². The van der Waals surface area contributed by atoms with Crippen molar-refractivity contribution in [2.24, 2.45) is 0 Å². The standard InChI is InChI=1S/C14H13N3O2/c1-14(6-2-5-11(18)8-14)13-17-16-12(19-13)10-4-3-7-15-9-10/h2-5,7-9,18H,6H2,1H3. The van der Waals surface area contributed by atoms with Gasteiger partial charge in [-0.1, -0.05) is 6.08 Å². The summed E-state index contributed by atoms with van der Waals surface area (Å²) in [5, 5.41) is 17.7. The molecule has 2 aromatic heterocycles. The normalized spacial score (nSPS) is 22.3. The number of aliphatic hydroxyl groups is 1. The summed E-state index contributed by atoms with van der Waals surface area (Å²) in [6.45, 7) is 1.95. The second kappa shape index (κ2) is 4.35. The van der Waals surface area contributed by atoms with Crippen LogP contribution in [0.4, 0.5) is 0 Å². The molecule has 0 saturated heterocycles. The molecule has 0 aromatic carbocycles. The number of rotatable bonds is 2. The first-order valence-electron chi connectivity index (χ1n) is 6.00. The van der Waals surface area contributed by atoms with Gasteiger partial charge in [0.15, 0.2) is 0 Å². The molecule has 1 aliphatic rings. The molecular weight excluding hydrogens is 242 g/mol. The van der Waals surface area contributed by atoms with Gasteiger partial charge in [-0.15, -0.1) is 10.2 Å². The Bertz CT molecular complexity index is 646. The molecule has 96 valence electrons. The number of hydrogen-bond donors (Lipinski definition) is 1. The molecule has 5 nitrogen and oxygen atoms in total. The molecule has 2 heterocycles. The molecule has 0 amide bonds. The first kappa shape index (κ1) is 11.6. The van der Waals surface area contributed by atoms with Crippen molar-refractivity contribution in [1.29, 1.82) is 0 Å². The Balaban J connectivity index is 1.96. The van der Waals surface area contributed by atoms with E-state index in [1.165, 1.54) is 0 Å². The van der Waals surface area contributed by atoms with E-state index < -0.39 is 5.41 Å². The number of aliphatic hydroxyl groups excluding tert-OH is 1. The molecule has 1 N–H and O–H groups in total. The molecule has 1 atom stereocenters. The van der Waals surface area contributed by atoms with E-state index in [4.69, 9.17) is 4.42 Å². The number of hydrogen-bond acceptors (Lipinski definition) is 5. The van der Waals surface area contributed by atoms with Crippen molar-refractivity contribution in [3.05, 3.63) is 54.4 Å². The highest BCUT2D eigenvalue weighted by atomic mass is 16.4. The first-order chi connectivity index (χ1) is 9.17. The highest BCUT2D eigenvalue weighted by Crippen LogP contribution is 2.33. The third-order valence-electron chi connectivity index (χ3n) is 3.12. The summed E-state index contributed by atoms with van der Waals surface area (Å²) in [5.41, 5.74) is 0.316. The van der Waals surface area contributed by atoms with Gasteiger partial charge in [0, 0.05) is 12.4 Å². The molecule has 3 rings (SSSR count). The third kappa shape index (κ3) is 2.14. The van der Waals surface area contributed by atoms with Gasteiger partial charge >= 0.3 is 0 Å². The quantitative estimate of drug-likeness (QED) is 0.893. The average molecular weight is 255 g/mol. The molecule has 1 unspecified atom stereocenters. The number of aromatic nitrogens is 3. The fraction of sp³-hybridized carbons (Fsp3) is 0.214. The Kier molecular flexibility index (Phi) is 2.67. The first-order valence-corrected chi connectivity index (χ1v) is 6.00. The number of allylic oxidation sites excluding steroid dienone is 3. The van der Waals surface area contributed by atoms with E-state index in [2.05, 4.69) is 15.2 Å². The van der Waals surface area contributed by atoms with Gasteiger partial charge in [0.1, 0.15) is 5.76 Å². The summed E-state index contributed by atoms with van der Waals surface area (Å²) in [6.07, 6.45) is 9.37. The van der Waals surface area contributed by atoms with Crippen molar-refractivity contribution in [2.75, 3.05) is 0 Å². The maximum atomic E-state index is 9.60. The van der Waals surface area contributed by atoms with Gasteiger partial charge in [0.25, 0.3) is 0 Å². The monoisotopic (exact) mass is 255 g/mol. The van der Waals surface area contributed by atoms with Crippen LogP contribution < -0.4 is 0 Å². The van der Waals surface area contributed by atoms with Gasteiger partial charge < -0.3 is 9.52 Å². The predicted molar refractivity (Wildman–Crippen MR) is 69.3 cm³/mol. The molecule has 0 bridgehead atoms. The molecule has 0 radical (unpaired) electrons. The topological polar surface area (TPSA) is 72.0 Å². The predicted octanol–water partition coefficient (Wildman–Crippen LogP) is 2.79. The van der Waals surface area contributed by atoms with Crippen molar-refractivity contribution in [2.45, 2.75) is 18.8 Å². The van der Waals surface area contributed by atoms with Crippen molar-refractivity contribution in [3.63, 3.8) is 0 Å². The highest BCUT2D eigenvalue weighted by molar-refractivity contribution is 5.50. The zero-order chi connectivity index (χ0) is 13.3. The number of pyridine rings is 1. The fourth-order valence-corrected chi connectivity index (χ4v) is 2.07. The molecule has 0 saturated carbocycles. The maximum absolute atomic E-state index is 9.60. The van der Waals surface area contributed by atoms with E-state index in [9.17, 15) is 5.11 Å². The van der Waals surface area contributed by atoms with Crippen LogP contribution in [0.15, 0.2) is 52.9 Å². The molecule has 2 aromatic rings. The lowest BCUT2D eigenvalue weighted by Crippen LogP contribution is -2.21. The van der Waals surface area contributed by atoms with Crippen molar-refractivity contribution in [3.8, 4) is 11.5 Å². The number of nitrogens with zero attached hydrogens (tertiary/aromatic N) is 3. The fourth-order valence-electron chi connectivity index (χ4n) is 2.07. The van der Waals surface area contributed by atoms with E-state index in [-0.39, 0.29) is 5.76 Å². The van der Waals surface area contributed by atoms with E-state index in [1.807, 2.05) is 25.1 Å². The molecular formula is C14H13N3O2. The van der Waals surface area contributed by atoms with Crippen LogP contribution in [0, 0.1) is 0 Å². The average Bonchev–Trinajstić information content (AvgIpc) is 2.90. The smallest absolute Gasteiger partial charge is 0.249 e. The minimum atomic E-state index is -0.466. The zero-order valence-corrected chi connectivity index (χ0v) is 10.4. The second-order valence-corrected chi connectivity index (χ2v) is 4.75. The van der Waals surface area contributed by atoms with Crippen LogP contribution >= 0.6 is 0 Å². The van der Waals surface area contributed by atoms with Crippen LogP contribution in [0.2, 0.25) is 0 Å².